The smallest absolute Gasteiger partial charge is 0.262 e. The number of nitrogens with one attached hydrogen (secondary N) is 1. The zero-order chi connectivity index (χ0) is 15.6. The number of methoxy groups -OCH3 is 1. The van der Waals surface area contributed by atoms with Crippen LogP contribution < -0.4 is 15.2 Å². The lowest BCUT2D eigenvalue weighted by Crippen LogP contribution is -2.14. The lowest BCUT2D eigenvalue weighted by Gasteiger charge is -2.12. The minimum Gasteiger partial charge on any atom is -0.495 e. The van der Waals surface area contributed by atoms with E-state index in [0.717, 1.165) is 5.56 Å². The maximum absolute atomic E-state index is 12.4. The van der Waals surface area contributed by atoms with E-state index in [1.54, 1.807) is 37.3 Å². The van der Waals surface area contributed by atoms with E-state index in [9.17, 15) is 8.42 Å². The molecule has 0 heterocycles. The summed E-state index contributed by atoms with van der Waals surface area (Å²) in [5, 5.41) is 0. The Kier molecular flexibility index (Phi) is 4.09. The van der Waals surface area contributed by atoms with Crippen LogP contribution in [0.1, 0.15) is 11.1 Å². The largest absolute Gasteiger partial charge is 0.495 e. The number of rotatable bonds is 4. The highest BCUT2D eigenvalue weighted by molar-refractivity contribution is 7.92. The SMILES string of the molecule is COc1cc(NS(=O)(=O)c2ccc(C)cc2C)ccc1N. The van der Waals surface area contributed by atoms with Crippen LogP contribution in [0.5, 0.6) is 5.75 Å². The molecular weight excluding hydrogens is 288 g/mol. The minimum absolute atomic E-state index is 0.254. The lowest BCUT2D eigenvalue weighted by atomic mass is 10.2. The van der Waals surface area contributed by atoms with E-state index < -0.39 is 10.0 Å². The van der Waals surface area contributed by atoms with Gasteiger partial charge in [-0.2, -0.15) is 0 Å². The van der Waals surface area contributed by atoms with Crippen LogP contribution in [0.4, 0.5) is 11.4 Å². The van der Waals surface area contributed by atoms with Gasteiger partial charge in [0.1, 0.15) is 5.75 Å². The Bertz CT molecular complexity index is 770. The summed E-state index contributed by atoms with van der Waals surface area (Å²) in [6.45, 7) is 3.69. The fourth-order valence-corrected chi connectivity index (χ4v) is 3.36. The van der Waals surface area contributed by atoms with E-state index in [1.807, 2.05) is 13.0 Å². The molecule has 0 saturated heterocycles. The molecule has 5 nitrogen and oxygen atoms in total. The highest BCUT2D eigenvalue weighted by Crippen LogP contribution is 2.27. The average Bonchev–Trinajstić information content (AvgIpc) is 2.40. The van der Waals surface area contributed by atoms with Crippen LogP contribution in [0.15, 0.2) is 41.3 Å². The maximum atomic E-state index is 12.4. The van der Waals surface area contributed by atoms with Crippen LogP contribution in [0, 0.1) is 13.8 Å². The van der Waals surface area contributed by atoms with Gasteiger partial charge < -0.3 is 10.5 Å². The molecule has 0 aliphatic rings. The topological polar surface area (TPSA) is 81.4 Å². The van der Waals surface area contributed by atoms with Gasteiger partial charge in [-0.25, -0.2) is 8.42 Å². The Morgan fingerprint density at radius 3 is 2.43 bits per heavy atom. The monoisotopic (exact) mass is 306 g/mol. The van der Waals surface area contributed by atoms with Crippen molar-refractivity contribution in [3.8, 4) is 5.75 Å². The molecule has 0 atom stereocenters. The van der Waals surface area contributed by atoms with Crippen LogP contribution in [-0.2, 0) is 10.0 Å². The third-order valence-electron chi connectivity index (χ3n) is 3.11. The number of benzene rings is 2. The van der Waals surface area contributed by atoms with Gasteiger partial charge in [0, 0.05) is 6.07 Å². The number of ether oxygens (including phenoxy) is 1. The van der Waals surface area contributed by atoms with E-state index >= 15 is 0 Å². The van der Waals surface area contributed by atoms with Crippen LogP contribution >= 0.6 is 0 Å². The summed E-state index contributed by atoms with van der Waals surface area (Å²) in [5.41, 5.74) is 8.28. The van der Waals surface area contributed by atoms with E-state index in [2.05, 4.69) is 4.72 Å². The third-order valence-corrected chi connectivity index (χ3v) is 4.65. The molecule has 112 valence electrons. The summed E-state index contributed by atoms with van der Waals surface area (Å²) in [6.07, 6.45) is 0. The molecule has 0 bridgehead atoms. The first kappa shape index (κ1) is 15.2. The Morgan fingerprint density at radius 1 is 1.10 bits per heavy atom. The number of hydrogen-bond acceptors (Lipinski definition) is 4. The second-order valence-electron chi connectivity index (χ2n) is 4.83. The quantitative estimate of drug-likeness (QED) is 0.851. The minimum atomic E-state index is -3.64. The van der Waals surface area contributed by atoms with Crippen LogP contribution in [0.3, 0.4) is 0 Å². The second kappa shape index (κ2) is 5.65. The number of sulfonamides is 1. The number of anilines is 2. The normalized spacial score (nSPS) is 11.2. The molecule has 0 radical (unpaired) electrons. The zero-order valence-corrected chi connectivity index (χ0v) is 13.0. The Hall–Kier alpha value is -2.21. The maximum Gasteiger partial charge on any atom is 0.262 e. The van der Waals surface area contributed by atoms with Gasteiger partial charge in [-0.15, -0.1) is 0 Å². The molecule has 2 rings (SSSR count). The van der Waals surface area contributed by atoms with Gasteiger partial charge in [0.05, 0.1) is 23.4 Å². The van der Waals surface area contributed by atoms with Crippen LogP contribution in [-0.4, -0.2) is 15.5 Å². The molecule has 0 aliphatic heterocycles. The predicted octanol–water partition coefficient (Wildman–Crippen LogP) is 2.70. The number of nitrogens with two attached hydrogens (primary N) is 1. The van der Waals surface area contributed by atoms with Crippen molar-refractivity contribution < 1.29 is 13.2 Å². The molecule has 0 aliphatic carbocycles. The van der Waals surface area contributed by atoms with Gasteiger partial charge in [-0.05, 0) is 37.6 Å². The summed E-state index contributed by atoms with van der Waals surface area (Å²) >= 11 is 0. The predicted molar refractivity (Wildman–Crippen MR) is 84.1 cm³/mol. The molecule has 0 saturated carbocycles. The summed E-state index contributed by atoms with van der Waals surface area (Å²) in [6, 6.07) is 9.94. The van der Waals surface area contributed by atoms with Crippen molar-refractivity contribution in [2.75, 3.05) is 17.6 Å². The first-order valence-electron chi connectivity index (χ1n) is 6.37. The van der Waals surface area contributed by atoms with Gasteiger partial charge in [-0.3, -0.25) is 4.72 Å². The van der Waals surface area contributed by atoms with E-state index in [1.165, 1.54) is 7.11 Å². The van der Waals surface area contributed by atoms with E-state index in [4.69, 9.17) is 10.5 Å². The van der Waals surface area contributed by atoms with Gasteiger partial charge in [0.15, 0.2) is 0 Å². The van der Waals surface area contributed by atoms with Gasteiger partial charge in [-0.1, -0.05) is 17.7 Å². The Morgan fingerprint density at radius 2 is 1.81 bits per heavy atom. The molecule has 0 fully saturated rings. The summed E-state index contributed by atoms with van der Waals surface area (Å²) in [5.74, 6) is 0.427. The number of hydrogen-bond donors (Lipinski definition) is 2. The third kappa shape index (κ3) is 3.28. The average molecular weight is 306 g/mol. The van der Waals surface area contributed by atoms with Crippen molar-refractivity contribution in [3.63, 3.8) is 0 Å². The molecule has 21 heavy (non-hydrogen) atoms. The van der Waals surface area contributed by atoms with Crippen molar-refractivity contribution in [1.82, 2.24) is 0 Å². The van der Waals surface area contributed by atoms with Crippen molar-refractivity contribution in [1.29, 1.82) is 0 Å². The number of nitrogen functional groups attached to an aromatic ring is 1. The first-order valence-corrected chi connectivity index (χ1v) is 7.85. The fraction of sp³-hybridized carbons (Fsp3) is 0.200. The molecule has 2 aromatic rings. The molecule has 0 unspecified atom stereocenters. The molecule has 3 N–H and O–H groups in total. The summed E-state index contributed by atoms with van der Waals surface area (Å²) in [4.78, 5) is 0.254. The second-order valence-corrected chi connectivity index (χ2v) is 6.48. The zero-order valence-electron chi connectivity index (χ0n) is 12.2. The molecule has 0 amide bonds. The van der Waals surface area contributed by atoms with Crippen molar-refractivity contribution in [2.45, 2.75) is 18.7 Å². The molecular formula is C15H18N2O3S. The Labute approximate surface area is 124 Å². The Balaban J connectivity index is 2.37. The summed E-state index contributed by atoms with van der Waals surface area (Å²) < 4.78 is 32.5. The van der Waals surface area contributed by atoms with Crippen LogP contribution in [0.25, 0.3) is 0 Å². The van der Waals surface area contributed by atoms with Crippen molar-refractivity contribution >= 4 is 21.4 Å². The molecule has 6 heteroatoms. The van der Waals surface area contributed by atoms with E-state index in [-0.39, 0.29) is 4.90 Å². The van der Waals surface area contributed by atoms with Crippen molar-refractivity contribution in [3.05, 3.63) is 47.5 Å². The number of aryl methyl sites for hydroxylation is 2. The van der Waals surface area contributed by atoms with E-state index in [0.29, 0.717) is 22.7 Å². The molecule has 0 spiro atoms. The van der Waals surface area contributed by atoms with Crippen molar-refractivity contribution in [2.24, 2.45) is 0 Å². The lowest BCUT2D eigenvalue weighted by molar-refractivity contribution is 0.417. The standard InChI is InChI=1S/C15H18N2O3S/c1-10-4-7-15(11(2)8-10)21(18,19)17-12-5-6-13(16)14(9-12)20-3/h4-9,17H,16H2,1-3H3. The van der Waals surface area contributed by atoms with Gasteiger partial charge in [0.25, 0.3) is 10.0 Å². The fourth-order valence-electron chi connectivity index (χ4n) is 2.09. The van der Waals surface area contributed by atoms with Gasteiger partial charge in [0.2, 0.25) is 0 Å². The van der Waals surface area contributed by atoms with Crippen LogP contribution in [0.2, 0.25) is 0 Å². The highest BCUT2D eigenvalue weighted by Gasteiger charge is 2.17. The molecule has 0 aromatic heterocycles. The first-order chi connectivity index (χ1) is 9.83. The summed E-state index contributed by atoms with van der Waals surface area (Å²) in [7, 11) is -2.16. The van der Waals surface area contributed by atoms with Gasteiger partial charge >= 0.3 is 0 Å². The molecule has 2 aromatic carbocycles. The highest BCUT2D eigenvalue weighted by atomic mass is 32.2.